The number of hydrogen-bond donors (Lipinski definition) is 2. The third-order valence-corrected chi connectivity index (χ3v) is 2.40. The Balaban J connectivity index is 3.06. The molecule has 0 aliphatic heterocycles. The van der Waals surface area contributed by atoms with Gasteiger partial charge in [0.1, 0.15) is 5.82 Å². The van der Waals surface area contributed by atoms with E-state index >= 15 is 0 Å². The number of rotatable bonds is 3. The average Bonchev–Trinajstić information content (AvgIpc) is 2.10. The van der Waals surface area contributed by atoms with Gasteiger partial charge in [-0.2, -0.15) is 0 Å². The number of halogens is 2. The summed E-state index contributed by atoms with van der Waals surface area (Å²) in [6, 6.07) is 4.26. The van der Waals surface area contributed by atoms with Gasteiger partial charge in [0.05, 0.1) is 6.04 Å². The Hall–Kier alpha value is -0.710. The highest BCUT2D eigenvalue weighted by molar-refractivity contribution is 9.10. The lowest BCUT2D eigenvalue weighted by atomic mass is 10.1. The first-order valence-electron chi connectivity index (χ1n) is 3.72. The van der Waals surface area contributed by atoms with E-state index in [2.05, 4.69) is 27.9 Å². The zero-order chi connectivity index (χ0) is 9.84. The molecule has 4 heteroatoms. The fraction of sp³-hybridized carbons (Fsp3) is 0.111. The van der Waals surface area contributed by atoms with E-state index in [0.717, 1.165) is 5.56 Å². The summed E-state index contributed by atoms with van der Waals surface area (Å²) in [6.45, 7) is 3.61. The summed E-state index contributed by atoms with van der Waals surface area (Å²) in [4.78, 5) is 0. The monoisotopic (exact) mass is 244 g/mol. The summed E-state index contributed by atoms with van der Waals surface area (Å²) in [5.74, 6) is 5.00. The summed E-state index contributed by atoms with van der Waals surface area (Å²) in [5.41, 5.74) is 3.42. The molecule has 1 aromatic carbocycles. The van der Waals surface area contributed by atoms with Gasteiger partial charge in [0.2, 0.25) is 0 Å². The van der Waals surface area contributed by atoms with Crippen molar-refractivity contribution >= 4 is 15.9 Å². The van der Waals surface area contributed by atoms with E-state index in [-0.39, 0.29) is 11.9 Å². The fourth-order valence-corrected chi connectivity index (χ4v) is 1.64. The molecule has 1 atom stereocenters. The molecular weight excluding hydrogens is 235 g/mol. The molecule has 2 nitrogen and oxygen atoms in total. The maximum atomic E-state index is 12.7. The number of nitrogens with one attached hydrogen (secondary N) is 1. The molecule has 0 radical (unpaired) electrons. The molecule has 0 saturated carbocycles. The molecule has 0 bridgehead atoms. The van der Waals surface area contributed by atoms with Crippen LogP contribution in [0.1, 0.15) is 11.6 Å². The predicted molar refractivity (Wildman–Crippen MR) is 54.4 cm³/mol. The standard InChI is InChI=1S/C9H10BrFN2/c1-2-9(13-12)7-4-3-6(11)5-8(7)10/h2-5,9,13H,1,12H2. The van der Waals surface area contributed by atoms with Crippen molar-refractivity contribution < 1.29 is 4.39 Å². The second-order valence-electron chi connectivity index (χ2n) is 2.55. The van der Waals surface area contributed by atoms with Gasteiger partial charge in [0, 0.05) is 4.47 Å². The minimum absolute atomic E-state index is 0.171. The highest BCUT2D eigenvalue weighted by Gasteiger charge is 2.09. The first-order valence-corrected chi connectivity index (χ1v) is 4.52. The van der Waals surface area contributed by atoms with Crippen molar-refractivity contribution in [3.63, 3.8) is 0 Å². The van der Waals surface area contributed by atoms with Crippen LogP contribution in [0.5, 0.6) is 0 Å². The topological polar surface area (TPSA) is 38.0 Å². The first-order chi connectivity index (χ1) is 6.19. The van der Waals surface area contributed by atoms with Crippen LogP contribution in [0.2, 0.25) is 0 Å². The molecule has 0 aliphatic carbocycles. The van der Waals surface area contributed by atoms with Crippen LogP contribution in [0.25, 0.3) is 0 Å². The van der Waals surface area contributed by atoms with Crippen molar-refractivity contribution in [2.24, 2.45) is 5.84 Å². The van der Waals surface area contributed by atoms with Gasteiger partial charge in [-0.3, -0.25) is 5.84 Å². The second kappa shape index (κ2) is 4.50. The van der Waals surface area contributed by atoms with Crippen LogP contribution in [-0.4, -0.2) is 0 Å². The van der Waals surface area contributed by atoms with E-state index in [4.69, 9.17) is 5.84 Å². The van der Waals surface area contributed by atoms with Crippen LogP contribution in [0.15, 0.2) is 35.3 Å². The number of hydrogen-bond acceptors (Lipinski definition) is 2. The van der Waals surface area contributed by atoms with Crippen LogP contribution >= 0.6 is 15.9 Å². The van der Waals surface area contributed by atoms with Crippen molar-refractivity contribution in [1.29, 1.82) is 0 Å². The van der Waals surface area contributed by atoms with Gasteiger partial charge in [0.25, 0.3) is 0 Å². The van der Waals surface area contributed by atoms with Gasteiger partial charge in [-0.1, -0.05) is 28.1 Å². The van der Waals surface area contributed by atoms with Crippen LogP contribution in [0, 0.1) is 5.82 Å². The van der Waals surface area contributed by atoms with Gasteiger partial charge in [-0.05, 0) is 17.7 Å². The zero-order valence-corrected chi connectivity index (χ0v) is 8.51. The van der Waals surface area contributed by atoms with E-state index in [0.29, 0.717) is 4.47 Å². The summed E-state index contributed by atoms with van der Waals surface area (Å²) in [7, 11) is 0. The minimum atomic E-state index is -0.282. The van der Waals surface area contributed by atoms with Gasteiger partial charge in [-0.25, -0.2) is 9.82 Å². The van der Waals surface area contributed by atoms with Gasteiger partial charge in [0.15, 0.2) is 0 Å². The predicted octanol–water partition coefficient (Wildman–Crippen LogP) is 2.28. The summed E-state index contributed by atoms with van der Waals surface area (Å²) in [6.07, 6.45) is 1.65. The highest BCUT2D eigenvalue weighted by atomic mass is 79.9. The van der Waals surface area contributed by atoms with Crippen LogP contribution < -0.4 is 11.3 Å². The maximum absolute atomic E-state index is 12.7. The van der Waals surface area contributed by atoms with Gasteiger partial charge in [-0.15, -0.1) is 6.58 Å². The molecule has 0 aliphatic rings. The molecule has 1 aromatic rings. The van der Waals surface area contributed by atoms with E-state index in [1.807, 2.05) is 0 Å². The zero-order valence-electron chi connectivity index (χ0n) is 6.93. The quantitative estimate of drug-likeness (QED) is 0.487. The third kappa shape index (κ3) is 2.37. The average molecular weight is 245 g/mol. The highest BCUT2D eigenvalue weighted by Crippen LogP contribution is 2.24. The molecule has 0 aromatic heterocycles. The lowest BCUT2D eigenvalue weighted by Gasteiger charge is -2.12. The SMILES string of the molecule is C=CC(NN)c1ccc(F)cc1Br. The molecule has 70 valence electrons. The molecular formula is C9H10BrFN2. The Morgan fingerprint density at radius 3 is 2.77 bits per heavy atom. The van der Waals surface area contributed by atoms with Crippen LogP contribution in [-0.2, 0) is 0 Å². The minimum Gasteiger partial charge on any atom is -0.271 e. The van der Waals surface area contributed by atoms with E-state index in [1.54, 1.807) is 12.1 Å². The lowest BCUT2D eigenvalue weighted by Crippen LogP contribution is -2.26. The number of benzene rings is 1. The molecule has 1 unspecified atom stereocenters. The Bertz CT molecular complexity index is 314. The Labute approximate surface area is 84.7 Å². The van der Waals surface area contributed by atoms with Crippen molar-refractivity contribution in [3.05, 3.63) is 46.7 Å². The second-order valence-corrected chi connectivity index (χ2v) is 3.40. The summed E-state index contributed by atoms with van der Waals surface area (Å²) < 4.78 is 13.4. The molecule has 13 heavy (non-hydrogen) atoms. The largest absolute Gasteiger partial charge is 0.271 e. The van der Waals surface area contributed by atoms with Gasteiger partial charge >= 0.3 is 0 Å². The van der Waals surface area contributed by atoms with E-state index in [1.165, 1.54) is 12.1 Å². The van der Waals surface area contributed by atoms with Crippen LogP contribution in [0.4, 0.5) is 4.39 Å². The summed E-state index contributed by atoms with van der Waals surface area (Å²) in [5, 5.41) is 0. The van der Waals surface area contributed by atoms with Crippen molar-refractivity contribution in [2.45, 2.75) is 6.04 Å². The first kappa shape index (κ1) is 10.4. The molecule has 0 fully saturated rings. The molecule has 1 rings (SSSR count). The number of nitrogens with two attached hydrogens (primary N) is 1. The lowest BCUT2D eigenvalue weighted by molar-refractivity contribution is 0.618. The third-order valence-electron chi connectivity index (χ3n) is 1.71. The molecule has 0 saturated heterocycles. The van der Waals surface area contributed by atoms with Gasteiger partial charge < -0.3 is 0 Å². The molecule has 0 spiro atoms. The molecule has 0 heterocycles. The number of hydrazine groups is 1. The van der Waals surface area contributed by atoms with E-state index < -0.39 is 0 Å². The molecule has 3 N–H and O–H groups in total. The van der Waals surface area contributed by atoms with Crippen LogP contribution in [0.3, 0.4) is 0 Å². The summed E-state index contributed by atoms with van der Waals surface area (Å²) >= 11 is 3.25. The smallest absolute Gasteiger partial charge is 0.124 e. The van der Waals surface area contributed by atoms with Crippen molar-refractivity contribution in [2.75, 3.05) is 0 Å². The fourth-order valence-electron chi connectivity index (χ4n) is 1.04. The van der Waals surface area contributed by atoms with Crippen molar-refractivity contribution in [1.82, 2.24) is 5.43 Å². The van der Waals surface area contributed by atoms with E-state index in [9.17, 15) is 4.39 Å². The maximum Gasteiger partial charge on any atom is 0.124 e. The van der Waals surface area contributed by atoms with Crippen molar-refractivity contribution in [3.8, 4) is 0 Å². The Morgan fingerprint density at radius 1 is 1.62 bits per heavy atom. The molecule has 0 amide bonds. The normalized spacial score (nSPS) is 12.5. The Kier molecular flexibility index (Phi) is 3.59. The Morgan fingerprint density at radius 2 is 2.31 bits per heavy atom.